The van der Waals surface area contributed by atoms with Crippen LogP contribution in [0.25, 0.3) is 0 Å². The lowest BCUT2D eigenvalue weighted by Crippen LogP contribution is -2.26. The molecule has 0 amide bonds. The van der Waals surface area contributed by atoms with Crippen molar-refractivity contribution in [2.45, 2.75) is 18.2 Å². The topological polar surface area (TPSA) is 70.5 Å². The lowest BCUT2D eigenvalue weighted by molar-refractivity contribution is 0.281. The maximum atomic E-state index is 12.3. The smallest absolute Gasteiger partial charge is 0.260 e. The van der Waals surface area contributed by atoms with E-state index >= 15 is 0 Å². The number of halogens is 1. The van der Waals surface area contributed by atoms with Crippen molar-refractivity contribution < 1.29 is 13.5 Å². The van der Waals surface area contributed by atoms with Gasteiger partial charge in [-0.15, -0.1) is 11.3 Å². The minimum atomic E-state index is -3.65. The molecule has 108 valence electrons. The number of thiophene rings is 1. The Morgan fingerprint density at radius 2 is 2.10 bits per heavy atom. The zero-order chi connectivity index (χ0) is 14.8. The highest BCUT2D eigenvalue weighted by atomic mass is 35.5. The molecule has 0 atom stereocenters. The Balaban J connectivity index is 2.19. The fourth-order valence-electron chi connectivity index (χ4n) is 1.56. The molecule has 0 bridgehead atoms. The van der Waals surface area contributed by atoms with E-state index in [-0.39, 0.29) is 18.2 Å². The van der Waals surface area contributed by atoms with Gasteiger partial charge in [0.15, 0.2) is 5.03 Å². The first kappa shape index (κ1) is 15.4. The molecule has 0 aromatic carbocycles. The van der Waals surface area contributed by atoms with Crippen LogP contribution >= 0.6 is 22.9 Å². The first-order valence-corrected chi connectivity index (χ1v) is 8.33. The molecule has 0 saturated carbocycles. The molecule has 20 heavy (non-hydrogen) atoms. The number of rotatable bonds is 5. The van der Waals surface area contributed by atoms with Gasteiger partial charge in [-0.05, 0) is 23.8 Å². The summed E-state index contributed by atoms with van der Waals surface area (Å²) in [6.45, 7) is 0.0695. The van der Waals surface area contributed by atoms with Crippen molar-refractivity contribution in [1.82, 2.24) is 9.29 Å². The average molecular weight is 333 g/mol. The minimum Gasteiger partial charge on any atom is -0.392 e. The van der Waals surface area contributed by atoms with Crippen LogP contribution in [0.5, 0.6) is 0 Å². The monoisotopic (exact) mass is 332 g/mol. The van der Waals surface area contributed by atoms with Crippen LogP contribution in [0, 0.1) is 0 Å². The van der Waals surface area contributed by atoms with E-state index in [1.807, 2.05) is 0 Å². The van der Waals surface area contributed by atoms with Crippen LogP contribution in [0.4, 0.5) is 0 Å². The summed E-state index contributed by atoms with van der Waals surface area (Å²) in [4.78, 5) is 4.73. The normalized spacial score (nSPS) is 12.0. The largest absolute Gasteiger partial charge is 0.392 e. The highest BCUT2D eigenvalue weighted by molar-refractivity contribution is 7.89. The summed E-state index contributed by atoms with van der Waals surface area (Å²) >= 11 is 7.16. The molecule has 0 spiro atoms. The van der Waals surface area contributed by atoms with E-state index in [1.54, 1.807) is 12.1 Å². The van der Waals surface area contributed by atoms with Gasteiger partial charge >= 0.3 is 0 Å². The van der Waals surface area contributed by atoms with E-state index in [4.69, 9.17) is 16.7 Å². The van der Waals surface area contributed by atoms with Crippen LogP contribution < -0.4 is 0 Å². The Morgan fingerprint density at radius 1 is 1.35 bits per heavy atom. The molecule has 8 heteroatoms. The van der Waals surface area contributed by atoms with Crippen molar-refractivity contribution in [3.63, 3.8) is 0 Å². The van der Waals surface area contributed by atoms with Crippen LogP contribution in [0.2, 0.25) is 4.34 Å². The van der Waals surface area contributed by atoms with Crippen molar-refractivity contribution in [3.8, 4) is 0 Å². The van der Waals surface area contributed by atoms with Crippen LogP contribution in [0.3, 0.4) is 0 Å². The number of nitrogens with zero attached hydrogens (tertiary/aromatic N) is 2. The molecule has 0 radical (unpaired) electrons. The van der Waals surface area contributed by atoms with E-state index in [0.29, 0.717) is 9.90 Å². The molecule has 5 nitrogen and oxygen atoms in total. The van der Waals surface area contributed by atoms with Gasteiger partial charge in [-0.25, -0.2) is 13.4 Å². The quantitative estimate of drug-likeness (QED) is 0.910. The number of hydrogen-bond donors (Lipinski definition) is 1. The Kier molecular flexibility index (Phi) is 4.77. The lowest BCUT2D eigenvalue weighted by atomic mass is 10.3. The molecule has 0 unspecified atom stereocenters. The number of hydrogen-bond acceptors (Lipinski definition) is 5. The van der Waals surface area contributed by atoms with Crippen molar-refractivity contribution >= 4 is 33.0 Å². The third-order valence-corrected chi connectivity index (χ3v) is 5.60. The van der Waals surface area contributed by atoms with E-state index in [9.17, 15) is 8.42 Å². The van der Waals surface area contributed by atoms with Gasteiger partial charge in [0.2, 0.25) is 0 Å². The van der Waals surface area contributed by atoms with Crippen LogP contribution in [-0.2, 0) is 23.2 Å². The number of aliphatic hydroxyl groups excluding tert-OH is 1. The first-order chi connectivity index (χ1) is 9.43. The van der Waals surface area contributed by atoms with E-state index in [2.05, 4.69) is 4.98 Å². The van der Waals surface area contributed by atoms with Gasteiger partial charge in [0, 0.05) is 24.7 Å². The minimum absolute atomic E-state index is 0.0418. The Labute approximate surface area is 126 Å². The summed E-state index contributed by atoms with van der Waals surface area (Å²) in [5, 5.41) is 8.88. The Bertz CT molecular complexity index is 683. The lowest BCUT2D eigenvalue weighted by Gasteiger charge is -2.15. The molecule has 0 saturated heterocycles. The van der Waals surface area contributed by atoms with E-state index in [1.165, 1.54) is 41.0 Å². The molecule has 0 fully saturated rings. The van der Waals surface area contributed by atoms with Crippen molar-refractivity contribution in [2.75, 3.05) is 7.05 Å². The van der Waals surface area contributed by atoms with Crippen LogP contribution in [-0.4, -0.2) is 29.9 Å². The molecule has 2 heterocycles. The van der Waals surface area contributed by atoms with Gasteiger partial charge < -0.3 is 5.11 Å². The van der Waals surface area contributed by atoms with Gasteiger partial charge in [-0.1, -0.05) is 17.7 Å². The van der Waals surface area contributed by atoms with E-state index in [0.717, 1.165) is 4.88 Å². The number of aromatic nitrogens is 1. The van der Waals surface area contributed by atoms with E-state index < -0.39 is 10.0 Å². The maximum absolute atomic E-state index is 12.3. The summed E-state index contributed by atoms with van der Waals surface area (Å²) in [5.41, 5.74) is 0.566. The second kappa shape index (κ2) is 6.19. The number of aliphatic hydroxyl groups is 1. The predicted molar refractivity (Wildman–Crippen MR) is 78.1 cm³/mol. The molecule has 0 aliphatic heterocycles. The predicted octanol–water partition coefficient (Wildman–Crippen LogP) is 2.11. The number of sulfonamides is 1. The highest BCUT2D eigenvalue weighted by Gasteiger charge is 2.22. The van der Waals surface area contributed by atoms with Crippen molar-refractivity contribution in [3.05, 3.63) is 45.2 Å². The molecule has 0 aliphatic rings. The Hall–Kier alpha value is -0.990. The van der Waals surface area contributed by atoms with Gasteiger partial charge in [0.1, 0.15) is 0 Å². The highest BCUT2D eigenvalue weighted by Crippen LogP contribution is 2.24. The zero-order valence-electron chi connectivity index (χ0n) is 10.7. The van der Waals surface area contributed by atoms with Crippen molar-refractivity contribution in [2.24, 2.45) is 0 Å². The van der Waals surface area contributed by atoms with Gasteiger partial charge in [0.05, 0.1) is 10.9 Å². The third kappa shape index (κ3) is 3.36. The number of pyridine rings is 1. The molecular formula is C12H13ClN2O3S2. The maximum Gasteiger partial charge on any atom is 0.260 e. The SMILES string of the molecule is CN(Cc1ccc(Cl)s1)S(=O)(=O)c1ccc(CO)cn1. The molecule has 2 rings (SSSR count). The summed E-state index contributed by atoms with van der Waals surface area (Å²) < 4.78 is 26.5. The van der Waals surface area contributed by atoms with Gasteiger partial charge in [-0.3, -0.25) is 0 Å². The zero-order valence-corrected chi connectivity index (χ0v) is 13.0. The van der Waals surface area contributed by atoms with Gasteiger partial charge in [0.25, 0.3) is 10.0 Å². The second-order valence-corrected chi connectivity index (χ2v) is 7.92. The first-order valence-electron chi connectivity index (χ1n) is 5.70. The summed E-state index contributed by atoms with van der Waals surface area (Å²) in [6, 6.07) is 6.45. The second-order valence-electron chi connectivity index (χ2n) is 4.13. The molecule has 2 aromatic heterocycles. The third-order valence-electron chi connectivity index (χ3n) is 2.66. The molecule has 0 aliphatic carbocycles. The summed E-state index contributed by atoms with van der Waals surface area (Å²) in [6.07, 6.45) is 1.35. The summed E-state index contributed by atoms with van der Waals surface area (Å²) in [7, 11) is -2.16. The summed E-state index contributed by atoms with van der Waals surface area (Å²) in [5.74, 6) is 0. The standard InChI is InChI=1S/C12H13ClN2O3S2/c1-15(7-10-3-4-11(13)19-10)20(17,18)12-5-2-9(8-16)6-14-12/h2-6,16H,7-8H2,1H3. The fraction of sp³-hybridized carbons (Fsp3) is 0.250. The van der Waals surface area contributed by atoms with Gasteiger partial charge in [-0.2, -0.15) is 4.31 Å². The van der Waals surface area contributed by atoms with Crippen molar-refractivity contribution in [1.29, 1.82) is 0 Å². The molecule has 2 aromatic rings. The van der Waals surface area contributed by atoms with Crippen LogP contribution in [0.1, 0.15) is 10.4 Å². The van der Waals surface area contributed by atoms with Crippen LogP contribution in [0.15, 0.2) is 35.5 Å². The Morgan fingerprint density at radius 3 is 2.60 bits per heavy atom. The molecule has 1 N–H and O–H groups in total. The molecular weight excluding hydrogens is 320 g/mol. The average Bonchev–Trinajstić information content (AvgIpc) is 2.84. The fourth-order valence-corrected chi connectivity index (χ4v) is 3.84.